The largest absolute Gasteiger partial charge is 0.511 e. The van der Waals surface area contributed by atoms with Crippen molar-refractivity contribution in [3.63, 3.8) is 0 Å². The van der Waals surface area contributed by atoms with Crippen molar-refractivity contribution in [3.05, 3.63) is 95.5 Å². The average Bonchev–Trinajstić information content (AvgIpc) is 3.43. The van der Waals surface area contributed by atoms with Gasteiger partial charge in [0.25, 0.3) is 26.0 Å². The van der Waals surface area contributed by atoms with Crippen LogP contribution >= 0.6 is 0 Å². The Labute approximate surface area is 236 Å². The molecular formula is C28H25FN4O6S2. The third kappa shape index (κ3) is 4.95. The molecule has 1 aliphatic carbocycles. The van der Waals surface area contributed by atoms with E-state index in [2.05, 4.69) is 14.4 Å². The molecule has 10 nitrogen and oxygen atoms in total. The number of aliphatic hydroxyl groups is 1. The molecule has 13 heteroatoms. The molecule has 0 radical (unpaired) electrons. The van der Waals surface area contributed by atoms with Gasteiger partial charge in [-0.15, -0.1) is 4.40 Å². The van der Waals surface area contributed by atoms with Crippen LogP contribution in [0.25, 0.3) is 0 Å². The van der Waals surface area contributed by atoms with Crippen LogP contribution in [0.1, 0.15) is 24.8 Å². The van der Waals surface area contributed by atoms with Crippen LogP contribution in [-0.2, 0) is 31.4 Å². The van der Waals surface area contributed by atoms with Gasteiger partial charge in [0, 0.05) is 18.5 Å². The summed E-state index contributed by atoms with van der Waals surface area (Å²) in [5.74, 6) is -1.92. The molecule has 3 N–H and O–H groups in total. The van der Waals surface area contributed by atoms with Crippen molar-refractivity contribution in [2.75, 3.05) is 10.0 Å². The lowest BCUT2D eigenvalue weighted by Crippen LogP contribution is -2.49. The predicted molar refractivity (Wildman–Crippen MR) is 150 cm³/mol. The molecular weight excluding hydrogens is 571 g/mol. The summed E-state index contributed by atoms with van der Waals surface area (Å²) in [5, 5.41) is 14.0. The number of benzene rings is 3. The summed E-state index contributed by atoms with van der Waals surface area (Å²) in [4.78, 5) is 15.1. The first-order chi connectivity index (χ1) is 19.5. The van der Waals surface area contributed by atoms with E-state index in [-0.39, 0.29) is 50.9 Å². The summed E-state index contributed by atoms with van der Waals surface area (Å²) in [6.07, 6.45) is 2.04. The highest BCUT2D eigenvalue weighted by molar-refractivity contribution is 7.92. The summed E-state index contributed by atoms with van der Waals surface area (Å²) in [6, 6.07) is 17.0. The predicted octanol–water partition coefficient (Wildman–Crippen LogP) is 4.16. The van der Waals surface area contributed by atoms with E-state index in [0.29, 0.717) is 18.4 Å². The highest BCUT2D eigenvalue weighted by Gasteiger charge is 2.46. The number of sulfonamides is 2. The van der Waals surface area contributed by atoms with Crippen molar-refractivity contribution in [1.82, 2.24) is 4.90 Å². The Morgan fingerprint density at radius 1 is 1.05 bits per heavy atom. The fourth-order valence-electron chi connectivity index (χ4n) is 5.56. The van der Waals surface area contributed by atoms with Crippen LogP contribution in [0.5, 0.6) is 0 Å². The number of hydrogen-bond acceptors (Lipinski definition) is 7. The Hall–Kier alpha value is -4.23. The zero-order valence-electron chi connectivity index (χ0n) is 21.5. The molecule has 2 aliphatic heterocycles. The molecule has 6 rings (SSSR count). The fraction of sp³-hybridized carbons (Fsp3) is 0.214. The van der Waals surface area contributed by atoms with Crippen LogP contribution < -0.4 is 10.0 Å². The number of aliphatic hydroxyl groups excluding tert-OH is 1. The second kappa shape index (κ2) is 10.00. The van der Waals surface area contributed by atoms with Crippen molar-refractivity contribution in [2.45, 2.75) is 41.6 Å². The molecule has 2 heterocycles. The molecule has 0 unspecified atom stereocenters. The zero-order valence-corrected chi connectivity index (χ0v) is 23.1. The number of hydrogen-bond donors (Lipinski definition) is 3. The van der Waals surface area contributed by atoms with E-state index in [1.807, 2.05) is 0 Å². The normalized spacial score (nSPS) is 21.5. The van der Waals surface area contributed by atoms with E-state index in [1.165, 1.54) is 36.4 Å². The summed E-state index contributed by atoms with van der Waals surface area (Å²) in [5.41, 5.74) is 0.530. The van der Waals surface area contributed by atoms with Crippen molar-refractivity contribution >= 4 is 43.2 Å². The molecule has 1 saturated carbocycles. The van der Waals surface area contributed by atoms with E-state index in [9.17, 15) is 31.1 Å². The van der Waals surface area contributed by atoms with Gasteiger partial charge in [0.1, 0.15) is 22.0 Å². The van der Waals surface area contributed by atoms with Gasteiger partial charge >= 0.3 is 0 Å². The lowest BCUT2D eigenvalue weighted by molar-refractivity contribution is -0.132. The van der Waals surface area contributed by atoms with Crippen LogP contribution in [0, 0.1) is 11.7 Å². The van der Waals surface area contributed by atoms with Crippen molar-refractivity contribution in [1.29, 1.82) is 0 Å². The van der Waals surface area contributed by atoms with E-state index in [4.69, 9.17) is 0 Å². The van der Waals surface area contributed by atoms with Gasteiger partial charge in [-0.05, 0) is 60.9 Å². The number of nitrogens with zero attached hydrogens (tertiary/aromatic N) is 2. The number of anilines is 2. The van der Waals surface area contributed by atoms with Crippen molar-refractivity contribution < 1.29 is 31.1 Å². The van der Waals surface area contributed by atoms with Gasteiger partial charge in [-0.25, -0.2) is 12.8 Å². The van der Waals surface area contributed by atoms with Crippen LogP contribution in [0.2, 0.25) is 0 Å². The van der Waals surface area contributed by atoms with Crippen LogP contribution in [0.15, 0.2) is 98.3 Å². The number of fused-ring (bicyclic) bond motifs is 2. The molecule has 3 aliphatic rings. The van der Waals surface area contributed by atoms with Gasteiger partial charge < -0.3 is 15.3 Å². The second-order valence-corrected chi connectivity index (χ2v) is 13.3. The lowest BCUT2D eigenvalue weighted by Gasteiger charge is -2.39. The number of rotatable bonds is 6. The minimum Gasteiger partial charge on any atom is -0.511 e. The molecule has 3 aromatic carbocycles. The maximum absolute atomic E-state index is 13.8. The van der Waals surface area contributed by atoms with Gasteiger partial charge in [-0.2, -0.15) is 8.42 Å². The molecule has 0 bridgehead atoms. The summed E-state index contributed by atoms with van der Waals surface area (Å²) in [6.45, 7) is 0.151. The number of carbonyl (C=O) groups excluding carboxylic acids is 1. The molecule has 0 spiro atoms. The standard InChI is InChI=1S/C28H25FN4O6S2/c29-18-11-9-17(10-12-18)16-33-23-8-4-7-21(23)26(34)25(28(33)35)27-30-22-14-13-19(15-24(22)41(38,39)32-27)31-40(36,37)20-5-2-1-3-6-20/h1-3,5-6,9-15,21,23,31,34H,4,7-8,16H2,(H,30,32)/t21-,23+/m1/s1. The van der Waals surface area contributed by atoms with Gasteiger partial charge in [0.05, 0.1) is 16.3 Å². The Morgan fingerprint density at radius 2 is 1.78 bits per heavy atom. The molecule has 3 aromatic rings. The van der Waals surface area contributed by atoms with Gasteiger partial charge in [-0.3, -0.25) is 9.52 Å². The van der Waals surface area contributed by atoms with Crippen LogP contribution in [-0.4, -0.2) is 44.6 Å². The molecule has 2 atom stereocenters. The SMILES string of the molecule is O=C1C(C2=NS(=O)(=O)c3cc(NS(=O)(=O)c4ccccc4)ccc3N2)=C(O)[C@@H]2CCC[C@@H]2N1Cc1ccc(F)cc1. The molecule has 0 saturated heterocycles. The molecule has 1 amide bonds. The summed E-state index contributed by atoms with van der Waals surface area (Å²) in [7, 11) is -8.38. The minimum atomic E-state index is -4.40. The number of carbonyl (C=O) groups is 1. The topological polar surface area (TPSA) is 145 Å². The second-order valence-electron chi connectivity index (χ2n) is 10.1. The first kappa shape index (κ1) is 27.0. The number of amides is 1. The highest BCUT2D eigenvalue weighted by atomic mass is 32.2. The summed E-state index contributed by atoms with van der Waals surface area (Å²) < 4.78 is 71.7. The lowest BCUT2D eigenvalue weighted by atomic mass is 9.89. The zero-order chi connectivity index (χ0) is 28.9. The van der Waals surface area contributed by atoms with Crippen LogP contribution in [0.4, 0.5) is 15.8 Å². The van der Waals surface area contributed by atoms with Crippen molar-refractivity contribution in [2.24, 2.45) is 10.3 Å². The molecule has 212 valence electrons. The Balaban J connectivity index is 1.33. The maximum atomic E-state index is 13.8. The molecule has 41 heavy (non-hydrogen) atoms. The Bertz CT molecular complexity index is 1820. The Morgan fingerprint density at radius 3 is 2.51 bits per heavy atom. The smallest absolute Gasteiger partial charge is 0.286 e. The van der Waals surface area contributed by atoms with E-state index < -0.39 is 37.7 Å². The van der Waals surface area contributed by atoms with E-state index >= 15 is 0 Å². The van der Waals surface area contributed by atoms with Gasteiger partial charge in [0.2, 0.25) is 0 Å². The fourth-order valence-corrected chi connectivity index (χ4v) is 7.78. The summed E-state index contributed by atoms with van der Waals surface area (Å²) >= 11 is 0. The quantitative estimate of drug-likeness (QED) is 0.387. The van der Waals surface area contributed by atoms with Crippen molar-refractivity contribution in [3.8, 4) is 0 Å². The molecule has 1 fully saturated rings. The van der Waals surface area contributed by atoms with Gasteiger partial charge in [-0.1, -0.05) is 36.8 Å². The molecule has 0 aromatic heterocycles. The first-order valence-corrected chi connectivity index (χ1v) is 15.8. The van der Waals surface area contributed by atoms with E-state index in [1.54, 1.807) is 35.2 Å². The maximum Gasteiger partial charge on any atom is 0.286 e. The third-order valence-corrected chi connectivity index (χ3v) is 10.2. The van der Waals surface area contributed by atoms with E-state index in [0.717, 1.165) is 12.5 Å². The average molecular weight is 597 g/mol. The van der Waals surface area contributed by atoms with Crippen LogP contribution in [0.3, 0.4) is 0 Å². The van der Waals surface area contributed by atoms with Gasteiger partial charge in [0.15, 0.2) is 5.84 Å². The minimum absolute atomic E-state index is 0.00621. The number of nitrogens with one attached hydrogen (secondary N) is 2. The first-order valence-electron chi connectivity index (χ1n) is 12.9. The highest BCUT2D eigenvalue weighted by Crippen LogP contribution is 2.42. The number of amidine groups is 1. The third-order valence-electron chi connectivity index (χ3n) is 7.49. The number of halogens is 1. The monoisotopic (exact) mass is 596 g/mol. The Kier molecular flexibility index (Phi) is 6.57.